The smallest absolute Gasteiger partial charge is 0.328 e. The summed E-state index contributed by atoms with van der Waals surface area (Å²) in [7, 11) is 4.80. The Bertz CT molecular complexity index is 1480. The Hall–Kier alpha value is -4.08. The van der Waals surface area contributed by atoms with Crippen LogP contribution in [0.2, 0.25) is 0 Å². The van der Waals surface area contributed by atoms with E-state index in [0.29, 0.717) is 50.8 Å². The van der Waals surface area contributed by atoms with Gasteiger partial charge in [-0.15, -0.1) is 0 Å². The van der Waals surface area contributed by atoms with Crippen LogP contribution in [-0.2, 0) is 19.8 Å². The number of anilines is 2. The molecule has 0 radical (unpaired) electrons. The van der Waals surface area contributed by atoms with Crippen LogP contribution in [0.4, 0.5) is 15.9 Å². The molecule has 10 heteroatoms. The third-order valence-electron chi connectivity index (χ3n) is 5.74. The maximum Gasteiger partial charge on any atom is 0.328 e. The van der Waals surface area contributed by atoms with Crippen LogP contribution in [0.25, 0.3) is 22.3 Å². The number of fused-ring (bicyclic) bond motifs is 1. The fourth-order valence-corrected chi connectivity index (χ4v) is 4.01. The lowest BCUT2D eigenvalue weighted by Gasteiger charge is -2.19. The Labute approximate surface area is 195 Å². The molecule has 0 bridgehead atoms. The summed E-state index contributed by atoms with van der Waals surface area (Å²) in [5, 5.41) is 11.1. The number of rotatable bonds is 6. The average Bonchev–Trinajstić information content (AvgIpc) is 3.01. The first kappa shape index (κ1) is 23.1. The quantitative estimate of drug-likeness (QED) is 0.418. The van der Waals surface area contributed by atoms with Crippen molar-refractivity contribution in [3.8, 4) is 17.0 Å². The summed E-state index contributed by atoms with van der Waals surface area (Å²) in [6, 6.07) is 5.20. The molecule has 176 valence electrons. The minimum atomic E-state index is -1.80. The van der Waals surface area contributed by atoms with Crippen molar-refractivity contribution >= 4 is 28.8 Å². The Morgan fingerprint density at radius 1 is 1.21 bits per heavy atom. The van der Waals surface area contributed by atoms with Gasteiger partial charge in [-0.05, 0) is 32.9 Å². The molecular formula is C24H26FN7O2. The van der Waals surface area contributed by atoms with E-state index in [1.807, 2.05) is 0 Å². The van der Waals surface area contributed by atoms with Crippen LogP contribution in [0.1, 0.15) is 30.8 Å². The average molecular weight is 464 g/mol. The molecule has 0 aliphatic carbocycles. The van der Waals surface area contributed by atoms with Crippen molar-refractivity contribution in [3.63, 3.8) is 0 Å². The fraction of sp³-hybridized carbons (Fsp3) is 0.292. The minimum absolute atomic E-state index is 0.143. The monoisotopic (exact) mass is 463 g/mol. The molecule has 0 saturated carbocycles. The summed E-state index contributed by atoms with van der Waals surface area (Å²) in [5.74, 6) is 0.947. The van der Waals surface area contributed by atoms with Gasteiger partial charge in [0, 0.05) is 50.0 Å². The van der Waals surface area contributed by atoms with Crippen LogP contribution >= 0.6 is 0 Å². The van der Waals surface area contributed by atoms with Gasteiger partial charge in [-0.2, -0.15) is 0 Å². The van der Waals surface area contributed by atoms with Gasteiger partial charge < -0.3 is 15.5 Å². The number of hydrogen-bond acceptors (Lipinski definition) is 7. The van der Waals surface area contributed by atoms with Crippen LogP contribution in [-0.4, -0.2) is 37.4 Å². The van der Waals surface area contributed by atoms with Crippen LogP contribution in [0, 0.1) is 12.3 Å². The molecular weight excluding hydrogens is 437 g/mol. The largest absolute Gasteiger partial charge is 0.496 e. The van der Waals surface area contributed by atoms with E-state index in [9.17, 15) is 4.79 Å². The number of imidazole rings is 1. The van der Waals surface area contributed by atoms with Crippen LogP contribution in [0.15, 0.2) is 35.4 Å². The molecule has 0 aliphatic heterocycles. The van der Waals surface area contributed by atoms with Crippen molar-refractivity contribution in [2.75, 3.05) is 12.4 Å². The minimum Gasteiger partial charge on any atom is -0.496 e. The van der Waals surface area contributed by atoms with E-state index in [2.05, 4.69) is 20.3 Å². The number of halogens is 1. The van der Waals surface area contributed by atoms with Crippen molar-refractivity contribution in [2.24, 2.45) is 14.1 Å². The summed E-state index contributed by atoms with van der Waals surface area (Å²) in [6.07, 6.45) is 4.48. The standard InChI is InChI=1S/C24H26FN7O2/c1-13-14(11-26)16(9-17(28-13)15-12-27-8-7-19(15)34-6)29-20-10-18-21(22(30-20)24(2,3)25)32(5)23(33)31(18)4/h7-12,26H,1-6H3,(H,28,29,30). The van der Waals surface area contributed by atoms with Gasteiger partial charge in [0.25, 0.3) is 0 Å². The molecule has 0 saturated heterocycles. The lowest BCUT2D eigenvalue weighted by Crippen LogP contribution is -2.20. The van der Waals surface area contributed by atoms with Gasteiger partial charge in [0.1, 0.15) is 22.9 Å². The van der Waals surface area contributed by atoms with E-state index >= 15 is 4.39 Å². The second kappa shape index (κ2) is 8.36. The van der Waals surface area contributed by atoms with Crippen molar-refractivity contribution in [3.05, 3.63) is 58.0 Å². The number of nitrogens with one attached hydrogen (secondary N) is 2. The molecule has 34 heavy (non-hydrogen) atoms. The summed E-state index contributed by atoms with van der Waals surface area (Å²) in [6.45, 7) is 4.61. The zero-order chi connectivity index (χ0) is 24.8. The van der Waals surface area contributed by atoms with E-state index in [1.54, 1.807) is 58.7 Å². The lowest BCUT2D eigenvalue weighted by molar-refractivity contribution is 0.216. The molecule has 0 fully saturated rings. The Morgan fingerprint density at radius 2 is 1.94 bits per heavy atom. The first-order valence-corrected chi connectivity index (χ1v) is 10.6. The summed E-state index contributed by atoms with van der Waals surface area (Å²) < 4.78 is 23.5. The van der Waals surface area contributed by atoms with Gasteiger partial charge in [0.15, 0.2) is 0 Å². The molecule has 0 amide bonds. The molecule has 4 heterocycles. The second-order valence-corrected chi connectivity index (χ2v) is 8.50. The number of nitrogens with zero attached hydrogens (tertiary/aromatic N) is 5. The first-order valence-electron chi connectivity index (χ1n) is 10.6. The molecule has 0 aromatic carbocycles. The third-order valence-corrected chi connectivity index (χ3v) is 5.74. The molecule has 0 aliphatic rings. The van der Waals surface area contributed by atoms with Gasteiger partial charge in [-0.1, -0.05) is 0 Å². The van der Waals surface area contributed by atoms with Crippen LogP contribution in [0.5, 0.6) is 5.75 Å². The molecule has 0 atom stereocenters. The Balaban J connectivity index is 1.93. The van der Waals surface area contributed by atoms with Gasteiger partial charge in [0.2, 0.25) is 0 Å². The van der Waals surface area contributed by atoms with Crippen molar-refractivity contribution in [1.29, 1.82) is 5.41 Å². The number of pyridine rings is 3. The van der Waals surface area contributed by atoms with E-state index in [-0.39, 0.29) is 11.4 Å². The van der Waals surface area contributed by atoms with Gasteiger partial charge in [-0.3, -0.25) is 19.1 Å². The van der Waals surface area contributed by atoms with E-state index in [4.69, 9.17) is 10.1 Å². The number of aryl methyl sites for hydroxylation is 3. The summed E-state index contributed by atoms with van der Waals surface area (Å²) in [5.41, 5.74) is 2.05. The molecule has 9 nitrogen and oxygen atoms in total. The van der Waals surface area contributed by atoms with E-state index < -0.39 is 5.67 Å². The maximum absolute atomic E-state index is 15.2. The summed E-state index contributed by atoms with van der Waals surface area (Å²) >= 11 is 0. The second-order valence-electron chi connectivity index (χ2n) is 8.50. The molecule has 0 unspecified atom stereocenters. The fourth-order valence-electron chi connectivity index (χ4n) is 4.01. The van der Waals surface area contributed by atoms with E-state index in [0.717, 1.165) is 0 Å². The van der Waals surface area contributed by atoms with E-state index in [1.165, 1.54) is 29.2 Å². The Morgan fingerprint density at radius 3 is 2.59 bits per heavy atom. The number of alkyl halides is 1. The maximum atomic E-state index is 15.2. The van der Waals surface area contributed by atoms with Gasteiger partial charge >= 0.3 is 5.69 Å². The Kier molecular flexibility index (Phi) is 5.68. The molecule has 2 N–H and O–H groups in total. The lowest BCUT2D eigenvalue weighted by atomic mass is 10.0. The number of aromatic nitrogens is 5. The van der Waals surface area contributed by atoms with Crippen molar-refractivity contribution in [1.82, 2.24) is 24.1 Å². The SMILES string of the molecule is COc1ccncc1-c1cc(Nc2cc3c(c(C(C)(C)F)n2)n(C)c(=O)n3C)c(C=N)c(C)n1. The predicted octanol–water partition coefficient (Wildman–Crippen LogP) is 3.99. The van der Waals surface area contributed by atoms with Gasteiger partial charge in [-0.25, -0.2) is 14.2 Å². The summed E-state index contributed by atoms with van der Waals surface area (Å²) in [4.78, 5) is 25.9. The third kappa shape index (κ3) is 3.81. The highest BCUT2D eigenvalue weighted by atomic mass is 19.1. The topological polar surface area (TPSA) is 111 Å². The number of hydrogen-bond donors (Lipinski definition) is 2. The predicted molar refractivity (Wildman–Crippen MR) is 130 cm³/mol. The number of ether oxygens (including phenoxy) is 1. The normalized spacial score (nSPS) is 11.6. The van der Waals surface area contributed by atoms with Crippen LogP contribution < -0.4 is 15.7 Å². The van der Waals surface area contributed by atoms with Crippen molar-refractivity contribution < 1.29 is 9.13 Å². The highest BCUT2D eigenvalue weighted by Gasteiger charge is 2.28. The zero-order valence-corrected chi connectivity index (χ0v) is 19.9. The van der Waals surface area contributed by atoms with Crippen LogP contribution in [0.3, 0.4) is 0 Å². The highest BCUT2D eigenvalue weighted by molar-refractivity contribution is 5.91. The molecule has 4 aromatic rings. The molecule has 4 aromatic heterocycles. The molecule has 0 spiro atoms. The molecule has 4 rings (SSSR count). The zero-order valence-electron chi connectivity index (χ0n) is 19.9. The van der Waals surface area contributed by atoms with Gasteiger partial charge in [0.05, 0.1) is 35.1 Å². The number of methoxy groups -OCH3 is 1. The van der Waals surface area contributed by atoms with Crippen molar-refractivity contribution in [2.45, 2.75) is 26.4 Å². The highest BCUT2D eigenvalue weighted by Crippen LogP contribution is 2.34. The first-order chi connectivity index (χ1) is 16.1.